The third kappa shape index (κ3) is 6.76. The number of hydrogen-bond donors (Lipinski definition) is 1. The molecule has 2 aromatic rings. The number of halogens is 2. The molecule has 0 aliphatic rings. The van der Waals surface area contributed by atoms with Crippen LogP contribution < -0.4 is 14.9 Å². The average Bonchev–Trinajstić information content (AvgIpc) is 2.60. The minimum absolute atomic E-state index is 0.142. The fraction of sp³-hybridized carbons (Fsp3) is 0.222. The van der Waals surface area contributed by atoms with Crippen LogP contribution in [0.5, 0.6) is 11.5 Å². The number of rotatable bonds is 8. The molecule has 0 unspecified atom stereocenters. The predicted octanol–water partition coefficient (Wildman–Crippen LogP) is 4.42. The lowest BCUT2D eigenvalue weighted by Crippen LogP contribution is -2.24. The summed E-state index contributed by atoms with van der Waals surface area (Å²) in [6, 6.07) is 12.4. The monoisotopic (exact) mass is 424 g/mol. The van der Waals surface area contributed by atoms with E-state index in [0.717, 1.165) is 16.5 Å². The lowest BCUT2D eigenvalue weighted by molar-refractivity contribution is -0.123. The summed E-state index contributed by atoms with van der Waals surface area (Å²) in [6.07, 6.45) is 2.45. The molecule has 0 spiro atoms. The highest BCUT2D eigenvalue weighted by atomic mass is 79.9. The summed E-state index contributed by atoms with van der Waals surface area (Å²) in [5.41, 5.74) is 3.19. The lowest BCUT2D eigenvalue weighted by atomic mass is 10.2. The van der Waals surface area contributed by atoms with Gasteiger partial charge in [0.2, 0.25) is 0 Å². The van der Waals surface area contributed by atoms with Crippen LogP contribution in [0.2, 0.25) is 5.02 Å². The highest BCUT2D eigenvalue weighted by molar-refractivity contribution is 9.10. The van der Waals surface area contributed by atoms with Gasteiger partial charge in [-0.2, -0.15) is 5.10 Å². The predicted molar refractivity (Wildman–Crippen MR) is 103 cm³/mol. The van der Waals surface area contributed by atoms with Gasteiger partial charge in [-0.15, -0.1) is 0 Å². The molecule has 0 radical (unpaired) electrons. The molecule has 2 aromatic carbocycles. The van der Waals surface area contributed by atoms with Crippen LogP contribution in [0.1, 0.15) is 18.9 Å². The second kappa shape index (κ2) is 10.1. The van der Waals surface area contributed by atoms with Crippen LogP contribution in [-0.2, 0) is 4.79 Å². The molecule has 25 heavy (non-hydrogen) atoms. The largest absolute Gasteiger partial charge is 0.493 e. The number of carbonyl (C=O) groups excluding carboxylic acids is 1. The van der Waals surface area contributed by atoms with Crippen molar-refractivity contribution in [3.63, 3.8) is 0 Å². The fourth-order valence-electron chi connectivity index (χ4n) is 1.85. The first kappa shape index (κ1) is 19.3. The molecule has 0 atom stereocenters. The summed E-state index contributed by atoms with van der Waals surface area (Å²) >= 11 is 9.20. The van der Waals surface area contributed by atoms with E-state index in [1.807, 2.05) is 25.1 Å². The first-order valence-electron chi connectivity index (χ1n) is 7.71. The summed E-state index contributed by atoms with van der Waals surface area (Å²) in [6.45, 7) is 2.51. The molecular weight excluding hydrogens is 408 g/mol. The molecule has 0 saturated carbocycles. The normalized spacial score (nSPS) is 10.7. The molecule has 5 nitrogen and oxygen atoms in total. The molecule has 0 bridgehead atoms. The Morgan fingerprint density at radius 3 is 2.72 bits per heavy atom. The van der Waals surface area contributed by atoms with E-state index < -0.39 is 0 Å². The van der Waals surface area contributed by atoms with Crippen molar-refractivity contribution in [2.24, 2.45) is 5.10 Å². The van der Waals surface area contributed by atoms with Crippen molar-refractivity contribution in [3.05, 3.63) is 57.5 Å². The van der Waals surface area contributed by atoms with Gasteiger partial charge in [0.05, 0.1) is 12.8 Å². The van der Waals surface area contributed by atoms with Gasteiger partial charge in [-0.05, 0) is 48.9 Å². The Labute approximate surface area is 160 Å². The Morgan fingerprint density at radius 2 is 2.00 bits per heavy atom. The zero-order chi connectivity index (χ0) is 18.1. The van der Waals surface area contributed by atoms with Gasteiger partial charge >= 0.3 is 0 Å². The van der Waals surface area contributed by atoms with E-state index in [0.29, 0.717) is 23.1 Å². The summed E-state index contributed by atoms with van der Waals surface area (Å²) in [4.78, 5) is 11.8. The molecule has 0 aliphatic heterocycles. The van der Waals surface area contributed by atoms with Crippen molar-refractivity contribution in [1.82, 2.24) is 5.43 Å². The lowest BCUT2D eigenvalue weighted by Gasteiger charge is -2.08. The highest BCUT2D eigenvalue weighted by Crippen LogP contribution is 2.22. The maximum atomic E-state index is 11.8. The molecule has 0 heterocycles. The van der Waals surface area contributed by atoms with E-state index in [9.17, 15) is 4.79 Å². The molecule has 0 fully saturated rings. The fourth-order valence-corrected chi connectivity index (χ4v) is 2.35. The van der Waals surface area contributed by atoms with Crippen molar-refractivity contribution in [3.8, 4) is 11.5 Å². The first-order chi connectivity index (χ1) is 12.1. The molecule has 132 valence electrons. The number of carbonyl (C=O) groups is 1. The topological polar surface area (TPSA) is 59.9 Å². The first-order valence-corrected chi connectivity index (χ1v) is 8.88. The Bertz CT molecular complexity index is 736. The summed E-state index contributed by atoms with van der Waals surface area (Å²) in [5.74, 6) is 0.906. The number of benzene rings is 2. The van der Waals surface area contributed by atoms with Gasteiger partial charge in [0, 0.05) is 15.1 Å². The van der Waals surface area contributed by atoms with Crippen LogP contribution in [0.15, 0.2) is 52.0 Å². The molecular formula is C18H18BrClN2O3. The summed E-state index contributed by atoms with van der Waals surface area (Å²) < 4.78 is 11.9. The zero-order valence-electron chi connectivity index (χ0n) is 13.7. The van der Waals surface area contributed by atoms with E-state index in [4.69, 9.17) is 21.1 Å². The van der Waals surface area contributed by atoms with Gasteiger partial charge in [-0.1, -0.05) is 34.5 Å². The second-order valence-corrected chi connectivity index (χ2v) is 6.42. The Hall–Kier alpha value is -2.05. The van der Waals surface area contributed by atoms with Crippen molar-refractivity contribution >= 4 is 39.7 Å². The van der Waals surface area contributed by atoms with E-state index in [-0.39, 0.29) is 12.5 Å². The van der Waals surface area contributed by atoms with Gasteiger partial charge in [-0.3, -0.25) is 4.79 Å². The molecule has 2 rings (SSSR count). The molecule has 1 amide bonds. The summed E-state index contributed by atoms with van der Waals surface area (Å²) in [5, 5.41) is 4.56. The van der Waals surface area contributed by atoms with E-state index in [2.05, 4.69) is 26.5 Å². The Balaban J connectivity index is 1.88. The third-order valence-corrected chi connectivity index (χ3v) is 3.76. The van der Waals surface area contributed by atoms with Gasteiger partial charge in [-0.25, -0.2) is 5.43 Å². The van der Waals surface area contributed by atoms with Crippen molar-refractivity contribution in [2.45, 2.75) is 13.3 Å². The Morgan fingerprint density at radius 1 is 1.24 bits per heavy atom. The van der Waals surface area contributed by atoms with E-state index in [1.54, 1.807) is 24.3 Å². The molecule has 1 N–H and O–H groups in total. The molecule has 0 aliphatic carbocycles. The van der Waals surface area contributed by atoms with E-state index in [1.165, 1.54) is 6.21 Å². The molecule has 0 saturated heterocycles. The van der Waals surface area contributed by atoms with Gasteiger partial charge < -0.3 is 9.47 Å². The SMILES string of the molecule is CCCOc1ccc(Br)cc1/C=N/NC(=O)COc1ccc(Cl)cc1. The van der Waals surface area contributed by atoms with Crippen LogP contribution >= 0.6 is 27.5 Å². The minimum Gasteiger partial charge on any atom is -0.493 e. The minimum atomic E-state index is -0.364. The quantitative estimate of drug-likeness (QED) is 0.503. The van der Waals surface area contributed by atoms with Crippen LogP contribution in [-0.4, -0.2) is 25.3 Å². The number of nitrogens with zero attached hydrogens (tertiary/aromatic N) is 1. The number of ether oxygens (including phenoxy) is 2. The number of amides is 1. The smallest absolute Gasteiger partial charge is 0.277 e. The number of hydrazone groups is 1. The maximum Gasteiger partial charge on any atom is 0.277 e. The van der Waals surface area contributed by atoms with Crippen molar-refractivity contribution in [1.29, 1.82) is 0 Å². The average molecular weight is 426 g/mol. The third-order valence-electron chi connectivity index (χ3n) is 3.01. The standard InChI is InChI=1S/C18H18BrClN2O3/c1-2-9-24-17-8-3-14(19)10-13(17)11-21-22-18(23)12-25-16-6-4-15(20)5-7-16/h3-8,10-11H,2,9,12H2,1H3,(H,22,23)/b21-11+. The molecule has 7 heteroatoms. The van der Waals surface area contributed by atoms with E-state index >= 15 is 0 Å². The molecule has 0 aromatic heterocycles. The zero-order valence-corrected chi connectivity index (χ0v) is 16.0. The Kier molecular flexibility index (Phi) is 7.76. The highest BCUT2D eigenvalue weighted by Gasteiger charge is 2.04. The number of nitrogens with one attached hydrogen (secondary N) is 1. The van der Waals surface area contributed by atoms with Gasteiger partial charge in [0.1, 0.15) is 11.5 Å². The van der Waals surface area contributed by atoms with Crippen molar-refractivity contribution in [2.75, 3.05) is 13.2 Å². The number of hydrogen-bond acceptors (Lipinski definition) is 4. The van der Waals surface area contributed by atoms with Crippen molar-refractivity contribution < 1.29 is 14.3 Å². The van der Waals surface area contributed by atoms with Crippen LogP contribution in [0, 0.1) is 0 Å². The summed E-state index contributed by atoms with van der Waals surface area (Å²) in [7, 11) is 0. The van der Waals surface area contributed by atoms with Gasteiger partial charge in [0.25, 0.3) is 5.91 Å². The van der Waals surface area contributed by atoms with Crippen LogP contribution in [0.3, 0.4) is 0 Å². The van der Waals surface area contributed by atoms with Gasteiger partial charge in [0.15, 0.2) is 6.61 Å². The van der Waals surface area contributed by atoms with Crippen LogP contribution in [0.4, 0.5) is 0 Å². The van der Waals surface area contributed by atoms with Crippen LogP contribution in [0.25, 0.3) is 0 Å². The maximum absolute atomic E-state index is 11.8. The second-order valence-electron chi connectivity index (χ2n) is 5.07.